The molecule has 1 unspecified atom stereocenters. The van der Waals surface area contributed by atoms with Crippen LogP contribution in [0.15, 0.2) is 54.7 Å². The second-order valence-corrected chi connectivity index (χ2v) is 10.4. The van der Waals surface area contributed by atoms with Gasteiger partial charge >= 0.3 is 0 Å². The van der Waals surface area contributed by atoms with Gasteiger partial charge in [0, 0.05) is 63.3 Å². The van der Waals surface area contributed by atoms with Gasteiger partial charge in [-0.1, -0.05) is 11.6 Å². The number of imidazole rings is 1. The number of likely N-dealkylation sites (tertiary alicyclic amines) is 1. The Kier molecular flexibility index (Phi) is 8.39. The number of pyridine rings is 1. The zero-order chi connectivity index (χ0) is 28.2. The van der Waals surface area contributed by atoms with E-state index in [1.807, 2.05) is 48.0 Å². The van der Waals surface area contributed by atoms with E-state index < -0.39 is 0 Å². The van der Waals surface area contributed by atoms with Crippen LogP contribution in [-0.2, 0) is 7.05 Å². The number of likely N-dealkylation sites (N-methyl/N-ethyl adjacent to an activating group) is 1. The van der Waals surface area contributed by atoms with E-state index in [1.165, 1.54) is 6.42 Å². The van der Waals surface area contributed by atoms with Gasteiger partial charge in [-0.15, -0.1) is 0 Å². The molecule has 11 heteroatoms. The quantitative estimate of drug-likeness (QED) is 0.290. The summed E-state index contributed by atoms with van der Waals surface area (Å²) in [6.45, 7) is 3.58. The lowest BCUT2D eigenvalue weighted by Gasteiger charge is -2.20. The Bertz CT molecular complexity index is 1510. The summed E-state index contributed by atoms with van der Waals surface area (Å²) in [5.74, 6) is 2.16. The van der Waals surface area contributed by atoms with E-state index in [0.717, 1.165) is 36.4 Å². The molecule has 5 rings (SSSR count). The number of halogens is 1. The van der Waals surface area contributed by atoms with Gasteiger partial charge in [0.05, 0.1) is 16.1 Å². The normalized spacial score (nSPS) is 15.5. The Hall–Kier alpha value is -3.86. The molecule has 0 saturated carbocycles. The summed E-state index contributed by atoms with van der Waals surface area (Å²) >= 11 is 6.44. The monoisotopic (exact) mass is 563 g/mol. The number of ether oxygens (including phenoxy) is 2. The minimum absolute atomic E-state index is 0.274. The molecule has 1 atom stereocenters. The van der Waals surface area contributed by atoms with E-state index in [4.69, 9.17) is 26.1 Å². The number of nitrogens with one attached hydrogen (secondary N) is 2. The molecule has 10 nitrogen and oxygen atoms in total. The van der Waals surface area contributed by atoms with Crippen LogP contribution in [0.25, 0.3) is 11.0 Å². The Morgan fingerprint density at radius 3 is 2.75 bits per heavy atom. The van der Waals surface area contributed by atoms with Crippen LogP contribution in [-0.4, -0.2) is 83.7 Å². The van der Waals surface area contributed by atoms with Crippen LogP contribution in [0.5, 0.6) is 17.2 Å². The van der Waals surface area contributed by atoms with Crippen molar-refractivity contribution in [2.75, 3.05) is 52.7 Å². The smallest absolute Gasteiger partial charge is 0.269 e. The SMILES string of the molecule is CNC(=O)c1cc(Oc2ccc3nc(Nc4ccc(Cl)c(OCCN5CCC(N(C)C)C5)c4)n(C)c3c2)ccn1. The van der Waals surface area contributed by atoms with Gasteiger partial charge in [0.2, 0.25) is 5.95 Å². The van der Waals surface area contributed by atoms with E-state index in [2.05, 4.69) is 39.5 Å². The minimum Gasteiger partial charge on any atom is -0.491 e. The topological polar surface area (TPSA) is 96.8 Å². The first-order valence-corrected chi connectivity index (χ1v) is 13.6. The molecular formula is C29H34ClN7O3. The number of rotatable bonds is 10. The van der Waals surface area contributed by atoms with Gasteiger partial charge < -0.3 is 29.6 Å². The van der Waals surface area contributed by atoms with Crippen molar-refractivity contribution in [2.24, 2.45) is 7.05 Å². The molecular weight excluding hydrogens is 530 g/mol. The van der Waals surface area contributed by atoms with Crippen LogP contribution >= 0.6 is 11.6 Å². The maximum atomic E-state index is 11.9. The Balaban J connectivity index is 1.25. The summed E-state index contributed by atoms with van der Waals surface area (Å²) in [6, 6.07) is 15.2. The van der Waals surface area contributed by atoms with E-state index in [0.29, 0.717) is 40.9 Å². The van der Waals surface area contributed by atoms with Crippen molar-refractivity contribution < 1.29 is 14.3 Å². The van der Waals surface area contributed by atoms with Crippen molar-refractivity contribution in [1.82, 2.24) is 29.7 Å². The lowest BCUT2D eigenvalue weighted by molar-refractivity contribution is 0.0958. The number of hydrogen-bond donors (Lipinski definition) is 2. The number of nitrogens with zero attached hydrogens (tertiary/aromatic N) is 5. The van der Waals surface area contributed by atoms with E-state index in [9.17, 15) is 4.79 Å². The van der Waals surface area contributed by atoms with Gasteiger partial charge in [0.15, 0.2) is 0 Å². The molecule has 4 aromatic rings. The minimum atomic E-state index is -0.274. The van der Waals surface area contributed by atoms with Crippen molar-refractivity contribution in [3.8, 4) is 17.2 Å². The molecule has 1 aliphatic heterocycles. The third kappa shape index (κ3) is 6.30. The zero-order valence-corrected chi connectivity index (χ0v) is 23.9. The van der Waals surface area contributed by atoms with E-state index in [1.54, 1.807) is 25.4 Å². The summed E-state index contributed by atoms with van der Waals surface area (Å²) in [4.78, 5) is 25.4. The maximum Gasteiger partial charge on any atom is 0.269 e. The highest BCUT2D eigenvalue weighted by atomic mass is 35.5. The first-order chi connectivity index (χ1) is 19.3. The summed E-state index contributed by atoms with van der Waals surface area (Å²) in [7, 11) is 7.76. The summed E-state index contributed by atoms with van der Waals surface area (Å²) in [5.41, 5.74) is 2.80. The maximum absolute atomic E-state index is 11.9. The molecule has 0 aliphatic carbocycles. The number of benzene rings is 2. The first kappa shape index (κ1) is 27.7. The number of anilines is 2. The summed E-state index contributed by atoms with van der Waals surface area (Å²) in [5, 5.41) is 6.51. The number of aryl methyl sites for hydroxylation is 1. The molecule has 210 valence electrons. The van der Waals surface area contributed by atoms with Crippen molar-refractivity contribution in [3.63, 3.8) is 0 Å². The highest BCUT2D eigenvalue weighted by Crippen LogP contribution is 2.31. The molecule has 3 heterocycles. The average molecular weight is 564 g/mol. The fraction of sp³-hybridized carbons (Fsp3) is 0.345. The molecule has 40 heavy (non-hydrogen) atoms. The van der Waals surface area contributed by atoms with Crippen molar-refractivity contribution in [1.29, 1.82) is 0 Å². The Morgan fingerprint density at radius 1 is 1.15 bits per heavy atom. The van der Waals surface area contributed by atoms with Crippen molar-refractivity contribution in [2.45, 2.75) is 12.5 Å². The molecule has 0 radical (unpaired) electrons. The summed E-state index contributed by atoms with van der Waals surface area (Å²) in [6.07, 6.45) is 2.72. The van der Waals surface area contributed by atoms with Crippen LogP contribution in [0.1, 0.15) is 16.9 Å². The van der Waals surface area contributed by atoms with E-state index >= 15 is 0 Å². The van der Waals surface area contributed by atoms with Crippen LogP contribution in [0.3, 0.4) is 0 Å². The Labute approximate surface area is 238 Å². The highest BCUT2D eigenvalue weighted by Gasteiger charge is 2.23. The van der Waals surface area contributed by atoms with Gasteiger partial charge in [0.25, 0.3) is 5.91 Å². The van der Waals surface area contributed by atoms with Gasteiger partial charge in [-0.05, 0) is 57.4 Å². The van der Waals surface area contributed by atoms with Crippen molar-refractivity contribution in [3.05, 3.63) is 65.4 Å². The molecule has 2 aromatic carbocycles. The highest BCUT2D eigenvalue weighted by molar-refractivity contribution is 6.32. The fourth-order valence-corrected chi connectivity index (χ4v) is 4.92. The number of amides is 1. The van der Waals surface area contributed by atoms with Gasteiger partial charge in [0.1, 0.15) is 29.5 Å². The lowest BCUT2D eigenvalue weighted by atomic mass is 10.2. The predicted molar refractivity (Wildman–Crippen MR) is 157 cm³/mol. The molecule has 1 amide bonds. The number of carbonyl (C=O) groups excluding carboxylic acids is 1. The van der Waals surface area contributed by atoms with E-state index in [-0.39, 0.29) is 11.6 Å². The predicted octanol–water partition coefficient (Wildman–Crippen LogP) is 4.53. The number of carbonyl (C=O) groups is 1. The van der Waals surface area contributed by atoms with Crippen LogP contribution < -0.4 is 20.1 Å². The zero-order valence-electron chi connectivity index (χ0n) is 23.1. The fourth-order valence-electron chi connectivity index (χ4n) is 4.75. The second-order valence-electron chi connectivity index (χ2n) is 10.0. The first-order valence-electron chi connectivity index (χ1n) is 13.2. The molecule has 1 aliphatic rings. The third-order valence-electron chi connectivity index (χ3n) is 7.11. The number of aromatic nitrogens is 3. The largest absolute Gasteiger partial charge is 0.491 e. The molecule has 0 spiro atoms. The van der Waals surface area contributed by atoms with Gasteiger partial charge in [-0.2, -0.15) is 0 Å². The molecule has 1 saturated heterocycles. The second kappa shape index (κ2) is 12.1. The van der Waals surface area contributed by atoms with Crippen LogP contribution in [0.2, 0.25) is 5.02 Å². The molecule has 1 fully saturated rings. The van der Waals surface area contributed by atoms with Crippen LogP contribution in [0.4, 0.5) is 11.6 Å². The molecule has 2 N–H and O–H groups in total. The summed E-state index contributed by atoms with van der Waals surface area (Å²) < 4.78 is 14.0. The molecule has 2 aromatic heterocycles. The van der Waals surface area contributed by atoms with Crippen molar-refractivity contribution >= 4 is 40.2 Å². The molecule has 0 bridgehead atoms. The standard InChI is InChI=1S/C29H34ClN7O3/c1-31-28(38)25-16-22(9-11-32-25)40-21-6-8-24-26(17-21)36(4)29(34-24)33-19-5-7-23(30)27(15-19)39-14-13-37-12-10-20(18-37)35(2)3/h5-9,11,15-17,20H,10,12-14,18H2,1-4H3,(H,31,38)(H,33,34). The third-order valence-corrected chi connectivity index (χ3v) is 7.42. The lowest BCUT2D eigenvalue weighted by Crippen LogP contribution is -2.33. The van der Waals surface area contributed by atoms with Gasteiger partial charge in [-0.25, -0.2) is 4.98 Å². The number of hydrogen-bond acceptors (Lipinski definition) is 8. The van der Waals surface area contributed by atoms with Crippen LogP contribution in [0, 0.1) is 0 Å². The van der Waals surface area contributed by atoms with Gasteiger partial charge in [-0.3, -0.25) is 14.7 Å². The Morgan fingerprint density at radius 2 is 1.98 bits per heavy atom. The number of fused-ring (bicyclic) bond motifs is 1. The average Bonchev–Trinajstić information content (AvgIpc) is 3.55.